The molecule has 0 spiro atoms. The van der Waals surface area contributed by atoms with Crippen LogP contribution >= 0.6 is 0 Å². The van der Waals surface area contributed by atoms with Crippen LogP contribution in [0.5, 0.6) is 0 Å². The van der Waals surface area contributed by atoms with E-state index in [2.05, 4.69) is 10.3 Å². The quantitative estimate of drug-likeness (QED) is 0.770. The molecule has 1 aromatic heterocycles. The Morgan fingerprint density at radius 1 is 1.50 bits per heavy atom. The minimum Gasteiger partial charge on any atom is -0.478 e. The predicted octanol–water partition coefficient (Wildman–Crippen LogP) is 0.755. The van der Waals surface area contributed by atoms with E-state index < -0.39 is 5.97 Å². The highest BCUT2D eigenvalue weighted by molar-refractivity contribution is 5.91. The number of rotatable bonds is 5. The molecule has 16 heavy (non-hydrogen) atoms. The molecule has 0 aliphatic heterocycles. The SMILES string of the molecule is COCCC(=O)Nc1ccc(C(=O)O)cn1. The van der Waals surface area contributed by atoms with Gasteiger partial charge in [0.1, 0.15) is 5.82 Å². The summed E-state index contributed by atoms with van der Waals surface area (Å²) in [6.07, 6.45) is 1.42. The minimum atomic E-state index is -1.05. The first kappa shape index (κ1) is 12.1. The van der Waals surface area contributed by atoms with E-state index in [4.69, 9.17) is 9.84 Å². The second-order valence-electron chi connectivity index (χ2n) is 3.03. The first-order chi connectivity index (χ1) is 7.63. The van der Waals surface area contributed by atoms with Crippen molar-refractivity contribution in [1.82, 2.24) is 4.98 Å². The molecule has 0 aliphatic carbocycles. The molecule has 0 bridgehead atoms. The van der Waals surface area contributed by atoms with Crippen LogP contribution in [0.1, 0.15) is 16.8 Å². The number of hydrogen-bond donors (Lipinski definition) is 2. The lowest BCUT2D eigenvalue weighted by molar-refractivity contribution is -0.117. The van der Waals surface area contributed by atoms with Crippen molar-refractivity contribution >= 4 is 17.7 Å². The Morgan fingerprint density at radius 3 is 2.75 bits per heavy atom. The molecule has 1 rings (SSSR count). The van der Waals surface area contributed by atoms with Gasteiger partial charge in [-0.2, -0.15) is 0 Å². The Morgan fingerprint density at radius 2 is 2.25 bits per heavy atom. The van der Waals surface area contributed by atoms with Crippen LogP contribution in [0, 0.1) is 0 Å². The monoisotopic (exact) mass is 224 g/mol. The summed E-state index contributed by atoms with van der Waals surface area (Å²) in [6, 6.07) is 2.81. The summed E-state index contributed by atoms with van der Waals surface area (Å²) in [5, 5.41) is 11.1. The average molecular weight is 224 g/mol. The number of carboxylic acid groups (broad SMARTS) is 1. The van der Waals surface area contributed by atoms with Gasteiger partial charge in [0.15, 0.2) is 0 Å². The second kappa shape index (κ2) is 5.82. The van der Waals surface area contributed by atoms with Crippen molar-refractivity contribution < 1.29 is 19.4 Å². The molecule has 1 amide bonds. The molecule has 1 aromatic rings. The van der Waals surface area contributed by atoms with E-state index in [9.17, 15) is 9.59 Å². The number of nitrogens with zero attached hydrogens (tertiary/aromatic N) is 1. The number of carboxylic acids is 1. The number of ether oxygens (including phenoxy) is 1. The van der Waals surface area contributed by atoms with E-state index in [1.807, 2.05) is 0 Å². The Labute approximate surface area is 92.3 Å². The maximum atomic E-state index is 11.2. The number of carbonyl (C=O) groups excluding carboxylic acids is 1. The third kappa shape index (κ3) is 3.66. The van der Waals surface area contributed by atoms with E-state index in [0.717, 1.165) is 0 Å². The highest BCUT2D eigenvalue weighted by atomic mass is 16.5. The molecule has 0 fully saturated rings. The van der Waals surface area contributed by atoms with Gasteiger partial charge in [-0.1, -0.05) is 0 Å². The predicted molar refractivity (Wildman–Crippen MR) is 56.3 cm³/mol. The van der Waals surface area contributed by atoms with Gasteiger partial charge in [0, 0.05) is 13.3 Å². The molecule has 2 N–H and O–H groups in total. The number of anilines is 1. The van der Waals surface area contributed by atoms with Gasteiger partial charge in [0.25, 0.3) is 0 Å². The Kier molecular flexibility index (Phi) is 4.41. The number of aromatic carboxylic acids is 1. The molecule has 86 valence electrons. The van der Waals surface area contributed by atoms with E-state index in [1.165, 1.54) is 25.4 Å². The number of nitrogens with one attached hydrogen (secondary N) is 1. The topological polar surface area (TPSA) is 88.5 Å². The third-order valence-electron chi connectivity index (χ3n) is 1.81. The Bertz CT molecular complexity index is 375. The van der Waals surface area contributed by atoms with E-state index in [1.54, 1.807) is 0 Å². The standard InChI is InChI=1S/C10H12N2O4/c1-16-5-4-9(13)12-8-3-2-7(6-11-8)10(14)15/h2-3,6H,4-5H2,1H3,(H,14,15)(H,11,12,13). The highest BCUT2D eigenvalue weighted by Crippen LogP contribution is 2.05. The van der Waals surface area contributed by atoms with Crippen molar-refractivity contribution in [2.75, 3.05) is 19.0 Å². The summed E-state index contributed by atoms with van der Waals surface area (Å²) < 4.78 is 4.74. The van der Waals surface area contributed by atoms with Crippen LogP contribution in [0.2, 0.25) is 0 Å². The molecule has 0 saturated heterocycles. The van der Waals surface area contributed by atoms with Crippen LogP contribution in [-0.2, 0) is 9.53 Å². The highest BCUT2D eigenvalue weighted by Gasteiger charge is 2.05. The largest absolute Gasteiger partial charge is 0.478 e. The van der Waals surface area contributed by atoms with Crippen molar-refractivity contribution in [2.45, 2.75) is 6.42 Å². The van der Waals surface area contributed by atoms with Gasteiger partial charge in [0.05, 0.1) is 18.6 Å². The molecule has 0 unspecified atom stereocenters. The smallest absolute Gasteiger partial charge is 0.337 e. The summed E-state index contributed by atoms with van der Waals surface area (Å²) in [5.74, 6) is -0.951. The summed E-state index contributed by atoms with van der Waals surface area (Å²) in [5.41, 5.74) is 0.0786. The lowest BCUT2D eigenvalue weighted by atomic mass is 10.3. The van der Waals surface area contributed by atoms with Crippen LogP contribution in [0.3, 0.4) is 0 Å². The van der Waals surface area contributed by atoms with Gasteiger partial charge in [-0.25, -0.2) is 9.78 Å². The van der Waals surface area contributed by atoms with Gasteiger partial charge in [-0.3, -0.25) is 4.79 Å². The summed E-state index contributed by atoms with van der Waals surface area (Å²) >= 11 is 0. The maximum Gasteiger partial charge on any atom is 0.337 e. The lowest BCUT2D eigenvalue weighted by Gasteiger charge is -2.03. The van der Waals surface area contributed by atoms with E-state index in [-0.39, 0.29) is 17.9 Å². The second-order valence-corrected chi connectivity index (χ2v) is 3.03. The first-order valence-electron chi connectivity index (χ1n) is 4.61. The Hall–Kier alpha value is -1.95. The van der Waals surface area contributed by atoms with Gasteiger partial charge >= 0.3 is 5.97 Å². The first-order valence-corrected chi connectivity index (χ1v) is 4.61. The zero-order valence-corrected chi connectivity index (χ0v) is 8.77. The fourth-order valence-corrected chi connectivity index (χ4v) is 0.994. The van der Waals surface area contributed by atoms with Gasteiger partial charge in [0.2, 0.25) is 5.91 Å². The van der Waals surface area contributed by atoms with Crippen molar-refractivity contribution in [3.05, 3.63) is 23.9 Å². The van der Waals surface area contributed by atoms with Crippen LogP contribution in [-0.4, -0.2) is 35.7 Å². The van der Waals surface area contributed by atoms with Crippen molar-refractivity contribution in [2.24, 2.45) is 0 Å². The number of aromatic nitrogens is 1. The summed E-state index contributed by atoms with van der Waals surface area (Å²) in [6.45, 7) is 0.332. The van der Waals surface area contributed by atoms with Crippen molar-refractivity contribution in [1.29, 1.82) is 0 Å². The Balaban J connectivity index is 2.55. The summed E-state index contributed by atoms with van der Waals surface area (Å²) in [7, 11) is 1.51. The lowest BCUT2D eigenvalue weighted by Crippen LogP contribution is -2.14. The van der Waals surface area contributed by atoms with Gasteiger partial charge < -0.3 is 15.2 Å². The average Bonchev–Trinajstić information content (AvgIpc) is 2.27. The van der Waals surface area contributed by atoms with Gasteiger partial charge in [-0.15, -0.1) is 0 Å². The molecule has 0 atom stereocenters. The van der Waals surface area contributed by atoms with Crippen molar-refractivity contribution in [3.8, 4) is 0 Å². The molecule has 0 radical (unpaired) electrons. The molecule has 0 aliphatic rings. The van der Waals surface area contributed by atoms with Crippen LogP contribution in [0.4, 0.5) is 5.82 Å². The molecular weight excluding hydrogens is 212 g/mol. The van der Waals surface area contributed by atoms with Crippen LogP contribution in [0.25, 0.3) is 0 Å². The van der Waals surface area contributed by atoms with Crippen LogP contribution < -0.4 is 5.32 Å². The number of pyridine rings is 1. The number of hydrogen-bond acceptors (Lipinski definition) is 4. The fraction of sp³-hybridized carbons (Fsp3) is 0.300. The normalized spacial score (nSPS) is 9.81. The van der Waals surface area contributed by atoms with Gasteiger partial charge in [-0.05, 0) is 12.1 Å². The number of amides is 1. The van der Waals surface area contributed by atoms with E-state index >= 15 is 0 Å². The molecule has 0 saturated carbocycles. The molecule has 6 nitrogen and oxygen atoms in total. The minimum absolute atomic E-state index is 0.0786. The number of carbonyl (C=O) groups is 2. The summed E-state index contributed by atoms with van der Waals surface area (Å²) in [4.78, 5) is 25.6. The zero-order chi connectivity index (χ0) is 12.0. The maximum absolute atomic E-state index is 11.2. The number of methoxy groups -OCH3 is 1. The fourth-order valence-electron chi connectivity index (χ4n) is 0.994. The molecular formula is C10H12N2O4. The van der Waals surface area contributed by atoms with E-state index in [0.29, 0.717) is 12.4 Å². The molecule has 0 aromatic carbocycles. The zero-order valence-electron chi connectivity index (χ0n) is 8.77. The molecule has 6 heteroatoms. The molecule has 1 heterocycles. The third-order valence-corrected chi connectivity index (χ3v) is 1.81. The van der Waals surface area contributed by atoms with Crippen molar-refractivity contribution in [3.63, 3.8) is 0 Å². The van der Waals surface area contributed by atoms with Crippen LogP contribution in [0.15, 0.2) is 18.3 Å².